The molecule has 0 saturated carbocycles. The number of hydrogen-bond donors (Lipinski definition) is 2. The fourth-order valence-electron chi connectivity index (χ4n) is 3.78. The minimum absolute atomic E-state index is 0.0406. The summed E-state index contributed by atoms with van der Waals surface area (Å²) in [6.45, 7) is 4.08. The van der Waals surface area contributed by atoms with E-state index in [1.807, 2.05) is 26.1 Å². The van der Waals surface area contributed by atoms with Crippen LogP contribution in [0.5, 0.6) is 0 Å². The molecule has 2 aliphatic rings. The third-order valence-electron chi connectivity index (χ3n) is 5.35. The topological polar surface area (TPSA) is 94.2 Å². The standard InChI is InChI=1S/C19H24N6O2/c1-12-16(23-17(21-12)13-5-3-7-20-9-13)18(26)22-14-10-25(11-14)15-6-4-8-24(2)19(15)27/h3,5,7,9,14-15H,4,6,8,10-11H2,1-2H3,(H,21,23)(H,22,26). The Balaban J connectivity index is 1.36. The van der Waals surface area contributed by atoms with Crippen molar-refractivity contribution in [3.63, 3.8) is 0 Å². The highest BCUT2D eigenvalue weighted by atomic mass is 16.2. The van der Waals surface area contributed by atoms with Gasteiger partial charge in [-0.1, -0.05) is 0 Å². The Morgan fingerprint density at radius 2 is 2.19 bits per heavy atom. The van der Waals surface area contributed by atoms with Gasteiger partial charge in [-0.25, -0.2) is 4.98 Å². The van der Waals surface area contributed by atoms with Gasteiger partial charge in [-0.15, -0.1) is 0 Å². The molecule has 1 unspecified atom stereocenters. The molecule has 0 spiro atoms. The van der Waals surface area contributed by atoms with Crippen molar-refractivity contribution in [1.29, 1.82) is 0 Å². The van der Waals surface area contributed by atoms with Crippen LogP contribution in [0.3, 0.4) is 0 Å². The fraction of sp³-hybridized carbons (Fsp3) is 0.474. The molecular weight excluding hydrogens is 344 g/mol. The van der Waals surface area contributed by atoms with E-state index in [9.17, 15) is 9.59 Å². The van der Waals surface area contributed by atoms with Crippen LogP contribution < -0.4 is 5.32 Å². The number of nitrogens with zero attached hydrogens (tertiary/aromatic N) is 4. The maximum atomic E-state index is 12.6. The monoisotopic (exact) mass is 368 g/mol. The quantitative estimate of drug-likeness (QED) is 0.833. The lowest BCUT2D eigenvalue weighted by Gasteiger charge is -2.46. The molecule has 2 aliphatic heterocycles. The second-order valence-corrected chi connectivity index (χ2v) is 7.34. The fourth-order valence-corrected chi connectivity index (χ4v) is 3.78. The molecule has 2 amide bonds. The first-order valence-corrected chi connectivity index (χ1v) is 9.30. The lowest BCUT2D eigenvalue weighted by atomic mass is 9.98. The van der Waals surface area contributed by atoms with Gasteiger partial charge in [-0.05, 0) is 31.9 Å². The molecular formula is C19H24N6O2. The number of carbonyl (C=O) groups excluding carboxylic acids is 2. The minimum Gasteiger partial charge on any atom is -0.345 e. The number of aromatic amines is 1. The molecule has 4 rings (SSSR count). The lowest BCUT2D eigenvalue weighted by molar-refractivity contribution is -0.141. The number of aromatic nitrogens is 3. The molecule has 1 atom stereocenters. The van der Waals surface area contributed by atoms with Crippen LogP contribution >= 0.6 is 0 Å². The van der Waals surface area contributed by atoms with E-state index in [1.54, 1.807) is 17.3 Å². The summed E-state index contributed by atoms with van der Waals surface area (Å²) in [5, 5.41) is 3.03. The summed E-state index contributed by atoms with van der Waals surface area (Å²) in [6.07, 6.45) is 5.34. The number of rotatable bonds is 4. The number of piperidine rings is 1. The van der Waals surface area contributed by atoms with Crippen molar-refractivity contribution in [2.75, 3.05) is 26.7 Å². The Labute approximate surface area is 158 Å². The van der Waals surface area contributed by atoms with Gasteiger partial charge in [-0.2, -0.15) is 0 Å². The van der Waals surface area contributed by atoms with E-state index in [1.165, 1.54) is 0 Å². The van der Waals surface area contributed by atoms with Crippen LogP contribution in [0, 0.1) is 6.92 Å². The maximum absolute atomic E-state index is 12.6. The summed E-state index contributed by atoms with van der Waals surface area (Å²) in [4.78, 5) is 40.5. The zero-order valence-electron chi connectivity index (χ0n) is 15.6. The Bertz CT molecular complexity index is 843. The van der Waals surface area contributed by atoms with E-state index in [0.717, 1.165) is 30.6 Å². The zero-order chi connectivity index (χ0) is 19.0. The van der Waals surface area contributed by atoms with E-state index in [0.29, 0.717) is 24.6 Å². The average Bonchev–Trinajstić information content (AvgIpc) is 3.03. The first-order valence-electron chi connectivity index (χ1n) is 9.30. The van der Waals surface area contributed by atoms with Crippen LogP contribution in [-0.4, -0.2) is 75.3 Å². The van der Waals surface area contributed by atoms with Gasteiger partial charge in [0.2, 0.25) is 5.91 Å². The molecule has 4 heterocycles. The van der Waals surface area contributed by atoms with Gasteiger partial charge in [0.15, 0.2) is 0 Å². The minimum atomic E-state index is -0.185. The molecule has 2 fully saturated rings. The van der Waals surface area contributed by atoms with Gasteiger partial charge in [0.05, 0.1) is 12.1 Å². The van der Waals surface area contributed by atoms with Crippen LogP contribution in [0.1, 0.15) is 29.0 Å². The molecule has 2 N–H and O–H groups in total. The van der Waals surface area contributed by atoms with E-state index in [-0.39, 0.29) is 23.9 Å². The molecule has 2 aromatic heterocycles. The molecule has 2 aromatic rings. The number of pyridine rings is 1. The lowest BCUT2D eigenvalue weighted by Crippen LogP contribution is -2.65. The van der Waals surface area contributed by atoms with E-state index in [4.69, 9.17) is 0 Å². The van der Waals surface area contributed by atoms with Crippen LogP contribution in [0.4, 0.5) is 0 Å². The van der Waals surface area contributed by atoms with Crippen molar-refractivity contribution < 1.29 is 9.59 Å². The second kappa shape index (κ2) is 7.11. The van der Waals surface area contributed by atoms with Crippen molar-refractivity contribution in [1.82, 2.24) is 30.1 Å². The molecule has 142 valence electrons. The van der Waals surface area contributed by atoms with E-state index in [2.05, 4.69) is 25.2 Å². The maximum Gasteiger partial charge on any atom is 0.272 e. The normalized spacial score (nSPS) is 21.2. The summed E-state index contributed by atoms with van der Waals surface area (Å²) >= 11 is 0. The average molecular weight is 368 g/mol. The number of nitrogens with one attached hydrogen (secondary N) is 2. The number of likely N-dealkylation sites (tertiary alicyclic amines) is 2. The number of hydrogen-bond acceptors (Lipinski definition) is 5. The van der Waals surface area contributed by atoms with Gasteiger partial charge >= 0.3 is 0 Å². The molecule has 8 nitrogen and oxygen atoms in total. The van der Waals surface area contributed by atoms with Crippen molar-refractivity contribution in [3.05, 3.63) is 35.9 Å². The van der Waals surface area contributed by atoms with Gasteiger partial charge in [0, 0.05) is 50.3 Å². The largest absolute Gasteiger partial charge is 0.345 e. The van der Waals surface area contributed by atoms with Crippen LogP contribution in [0.15, 0.2) is 24.5 Å². The highest BCUT2D eigenvalue weighted by Crippen LogP contribution is 2.22. The zero-order valence-corrected chi connectivity index (χ0v) is 15.6. The number of carbonyl (C=O) groups is 2. The molecule has 0 radical (unpaired) electrons. The Morgan fingerprint density at radius 3 is 2.93 bits per heavy atom. The summed E-state index contributed by atoms with van der Waals surface area (Å²) in [5.74, 6) is 0.641. The number of likely N-dealkylation sites (N-methyl/N-ethyl adjacent to an activating group) is 1. The summed E-state index contributed by atoms with van der Waals surface area (Å²) in [6, 6.07) is 3.74. The number of H-pyrrole nitrogens is 1. The van der Waals surface area contributed by atoms with Crippen LogP contribution in [-0.2, 0) is 4.79 Å². The van der Waals surface area contributed by atoms with Gasteiger partial charge in [0.25, 0.3) is 5.91 Å². The van der Waals surface area contributed by atoms with Crippen molar-refractivity contribution in [2.24, 2.45) is 0 Å². The molecule has 27 heavy (non-hydrogen) atoms. The molecule has 2 saturated heterocycles. The second-order valence-electron chi connectivity index (χ2n) is 7.34. The van der Waals surface area contributed by atoms with Crippen molar-refractivity contribution in [2.45, 2.75) is 31.8 Å². The number of amides is 2. The summed E-state index contributed by atoms with van der Waals surface area (Å²) in [7, 11) is 1.85. The highest BCUT2D eigenvalue weighted by molar-refractivity contribution is 5.94. The first kappa shape index (κ1) is 17.7. The van der Waals surface area contributed by atoms with Gasteiger partial charge < -0.3 is 15.2 Å². The van der Waals surface area contributed by atoms with Crippen LogP contribution in [0.25, 0.3) is 11.4 Å². The van der Waals surface area contributed by atoms with E-state index < -0.39 is 0 Å². The van der Waals surface area contributed by atoms with Gasteiger partial charge in [-0.3, -0.25) is 19.5 Å². The molecule has 0 aromatic carbocycles. The predicted molar refractivity (Wildman–Crippen MR) is 100 cm³/mol. The third kappa shape index (κ3) is 3.44. The Kier molecular flexibility index (Phi) is 4.65. The summed E-state index contributed by atoms with van der Waals surface area (Å²) < 4.78 is 0. The highest BCUT2D eigenvalue weighted by Gasteiger charge is 2.39. The Morgan fingerprint density at radius 1 is 1.37 bits per heavy atom. The molecule has 0 aliphatic carbocycles. The first-order chi connectivity index (χ1) is 13.0. The molecule has 8 heteroatoms. The van der Waals surface area contributed by atoms with Crippen LogP contribution in [0.2, 0.25) is 0 Å². The number of imidazole rings is 1. The third-order valence-corrected chi connectivity index (χ3v) is 5.35. The van der Waals surface area contributed by atoms with Gasteiger partial charge in [0.1, 0.15) is 11.5 Å². The number of aryl methyl sites for hydroxylation is 1. The predicted octanol–water partition coefficient (Wildman–Crippen LogP) is 0.815. The molecule has 0 bridgehead atoms. The Hall–Kier alpha value is -2.74. The smallest absolute Gasteiger partial charge is 0.272 e. The van der Waals surface area contributed by atoms with Crippen molar-refractivity contribution >= 4 is 11.8 Å². The van der Waals surface area contributed by atoms with Crippen molar-refractivity contribution in [3.8, 4) is 11.4 Å². The SMILES string of the molecule is Cc1[nH]c(-c2cccnc2)nc1C(=O)NC1CN(C2CCCN(C)C2=O)C1. The van der Waals surface area contributed by atoms with E-state index >= 15 is 0 Å². The summed E-state index contributed by atoms with van der Waals surface area (Å²) in [5.41, 5.74) is 1.97.